The smallest absolute Gasteiger partial charge is 0.396 e. The van der Waals surface area contributed by atoms with Crippen LogP contribution >= 0.6 is 0 Å². The van der Waals surface area contributed by atoms with Crippen LogP contribution in [0.3, 0.4) is 0 Å². The van der Waals surface area contributed by atoms with Crippen molar-refractivity contribution in [2.75, 3.05) is 6.61 Å². The van der Waals surface area contributed by atoms with E-state index in [1.807, 2.05) is 13.8 Å². The number of benzene rings is 1. The summed E-state index contributed by atoms with van der Waals surface area (Å²) in [6.07, 6.45) is -2.94. The van der Waals surface area contributed by atoms with Gasteiger partial charge in [-0.05, 0) is 31.4 Å². The summed E-state index contributed by atoms with van der Waals surface area (Å²) in [6, 6.07) is 5.30. The number of aliphatic hydroxyl groups excluding tert-OH is 1. The minimum absolute atomic E-state index is 0.0555. The van der Waals surface area contributed by atoms with Crippen LogP contribution in [0.15, 0.2) is 24.3 Å². The van der Waals surface area contributed by atoms with Crippen molar-refractivity contribution in [1.82, 2.24) is 5.32 Å². The van der Waals surface area contributed by atoms with Gasteiger partial charge in [0.1, 0.15) is 0 Å². The van der Waals surface area contributed by atoms with E-state index < -0.39 is 11.7 Å². The molecule has 0 aromatic heterocycles. The molecule has 0 spiro atoms. The zero-order chi connectivity index (χ0) is 14.5. The van der Waals surface area contributed by atoms with Gasteiger partial charge in [0.25, 0.3) is 0 Å². The van der Waals surface area contributed by atoms with Crippen molar-refractivity contribution < 1.29 is 18.3 Å². The molecule has 0 aliphatic rings. The van der Waals surface area contributed by atoms with E-state index in [1.54, 1.807) is 6.07 Å². The van der Waals surface area contributed by atoms with E-state index in [0.717, 1.165) is 18.6 Å². The van der Waals surface area contributed by atoms with Gasteiger partial charge in [-0.2, -0.15) is 13.2 Å². The predicted octanol–water partition coefficient (Wildman–Crippen LogP) is 3.35. The molecule has 1 rings (SSSR count). The molecule has 2 N–H and O–H groups in total. The highest BCUT2D eigenvalue weighted by atomic mass is 19.4. The highest BCUT2D eigenvalue weighted by Gasteiger charge is 2.30. The van der Waals surface area contributed by atoms with Gasteiger partial charge >= 0.3 is 6.18 Å². The number of nitrogens with one attached hydrogen (secondary N) is 1. The minimum Gasteiger partial charge on any atom is -0.396 e. The van der Waals surface area contributed by atoms with Crippen molar-refractivity contribution in [3.05, 3.63) is 35.4 Å². The van der Waals surface area contributed by atoms with Crippen molar-refractivity contribution in [2.45, 2.75) is 44.9 Å². The molecule has 2 nitrogen and oxygen atoms in total. The number of halogens is 3. The summed E-state index contributed by atoms with van der Waals surface area (Å²) < 4.78 is 37.7. The van der Waals surface area contributed by atoms with Gasteiger partial charge in [-0.3, -0.25) is 0 Å². The summed E-state index contributed by atoms with van der Waals surface area (Å²) in [7, 11) is 0. The van der Waals surface area contributed by atoms with E-state index in [1.165, 1.54) is 6.07 Å². The first-order valence-corrected chi connectivity index (χ1v) is 6.33. The molecule has 108 valence electrons. The lowest BCUT2D eigenvalue weighted by Crippen LogP contribution is -2.42. The van der Waals surface area contributed by atoms with Crippen molar-refractivity contribution in [3.8, 4) is 0 Å². The fourth-order valence-electron chi connectivity index (χ4n) is 1.81. The summed E-state index contributed by atoms with van der Waals surface area (Å²) in [5.74, 6) is 0. The summed E-state index contributed by atoms with van der Waals surface area (Å²) >= 11 is 0. The molecule has 0 aliphatic heterocycles. The van der Waals surface area contributed by atoms with Crippen molar-refractivity contribution in [3.63, 3.8) is 0 Å². The minimum atomic E-state index is -4.31. The molecule has 0 amide bonds. The van der Waals surface area contributed by atoms with Crippen LogP contribution in [0.25, 0.3) is 0 Å². The van der Waals surface area contributed by atoms with Crippen LogP contribution in [-0.4, -0.2) is 17.3 Å². The van der Waals surface area contributed by atoms with Crippen LogP contribution in [0.2, 0.25) is 0 Å². The van der Waals surface area contributed by atoms with Gasteiger partial charge in [0.2, 0.25) is 0 Å². The van der Waals surface area contributed by atoms with Crippen LogP contribution in [-0.2, 0) is 12.7 Å². The van der Waals surface area contributed by atoms with Gasteiger partial charge in [0.05, 0.1) is 5.56 Å². The van der Waals surface area contributed by atoms with Gasteiger partial charge in [-0.1, -0.05) is 25.1 Å². The Bertz CT molecular complexity index is 406. The zero-order valence-corrected chi connectivity index (χ0v) is 11.2. The molecule has 1 aromatic carbocycles. The normalized spacial score (nSPS) is 15.3. The standard InChI is InChI=1S/C14H20F3NO/c1-3-13(2,7-8-19)18-10-11-5-4-6-12(9-11)14(15,16)17/h4-6,9,18-19H,3,7-8,10H2,1-2H3. The van der Waals surface area contributed by atoms with Gasteiger partial charge in [0, 0.05) is 18.7 Å². The number of alkyl halides is 3. The molecule has 0 heterocycles. The lowest BCUT2D eigenvalue weighted by Gasteiger charge is -2.29. The second-order valence-electron chi connectivity index (χ2n) is 4.94. The average Bonchev–Trinajstić information content (AvgIpc) is 2.36. The third-order valence-corrected chi connectivity index (χ3v) is 3.42. The van der Waals surface area contributed by atoms with E-state index in [2.05, 4.69) is 5.32 Å². The molecule has 0 saturated heterocycles. The Hall–Kier alpha value is -1.07. The monoisotopic (exact) mass is 275 g/mol. The summed E-state index contributed by atoms with van der Waals surface area (Å²) in [5, 5.41) is 12.2. The summed E-state index contributed by atoms with van der Waals surface area (Å²) in [5.41, 5.74) is -0.303. The SMILES string of the molecule is CCC(C)(CCO)NCc1cccc(C(F)(F)F)c1. The molecular formula is C14H20F3NO. The van der Waals surface area contributed by atoms with Crippen molar-refractivity contribution >= 4 is 0 Å². The summed E-state index contributed by atoms with van der Waals surface area (Å²) in [4.78, 5) is 0. The molecule has 1 aromatic rings. The number of rotatable bonds is 6. The van der Waals surface area contributed by atoms with E-state index in [0.29, 0.717) is 18.5 Å². The van der Waals surface area contributed by atoms with Gasteiger partial charge in [-0.25, -0.2) is 0 Å². The fraction of sp³-hybridized carbons (Fsp3) is 0.571. The van der Waals surface area contributed by atoms with E-state index >= 15 is 0 Å². The van der Waals surface area contributed by atoms with Gasteiger partial charge in [0.15, 0.2) is 0 Å². The molecule has 0 fully saturated rings. The molecule has 0 radical (unpaired) electrons. The Morgan fingerprint density at radius 3 is 2.47 bits per heavy atom. The fourth-order valence-corrected chi connectivity index (χ4v) is 1.81. The molecule has 0 bridgehead atoms. The maximum atomic E-state index is 12.6. The second kappa shape index (κ2) is 6.39. The lowest BCUT2D eigenvalue weighted by atomic mass is 9.94. The summed E-state index contributed by atoms with van der Waals surface area (Å²) in [6.45, 7) is 4.35. The largest absolute Gasteiger partial charge is 0.416 e. The van der Waals surface area contributed by atoms with E-state index in [-0.39, 0.29) is 12.1 Å². The quantitative estimate of drug-likeness (QED) is 0.834. The maximum absolute atomic E-state index is 12.6. The van der Waals surface area contributed by atoms with Crippen LogP contribution in [0.1, 0.15) is 37.8 Å². The second-order valence-corrected chi connectivity index (χ2v) is 4.94. The van der Waals surface area contributed by atoms with Crippen LogP contribution in [0.4, 0.5) is 13.2 Å². The van der Waals surface area contributed by atoms with Crippen LogP contribution in [0, 0.1) is 0 Å². The van der Waals surface area contributed by atoms with E-state index in [4.69, 9.17) is 5.11 Å². The molecular weight excluding hydrogens is 255 g/mol. The molecule has 19 heavy (non-hydrogen) atoms. The first kappa shape index (κ1) is 16.0. The first-order valence-electron chi connectivity index (χ1n) is 6.33. The van der Waals surface area contributed by atoms with Crippen molar-refractivity contribution in [2.24, 2.45) is 0 Å². The Labute approximate surface area is 111 Å². The highest BCUT2D eigenvalue weighted by Crippen LogP contribution is 2.29. The highest BCUT2D eigenvalue weighted by molar-refractivity contribution is 5.25. The lowest BCUT2D eigenvalue weighted by molar-refractivity contribution is -0.137. The van der Waals surface area contributed by atoms with Crippen molar-refractivity contribution in [1.29, 1.82) is 0 Å². The Morgan fingerprint density at radius 2 is 1.95 bits per heavy atom. The zero-order valence-electron chi connectivity index (χ0n) is 11.2. The Morgan fingerprint density at radius 1 is 1.26 bits per heavy atom. The predicted molar refractivity (Wildman–Crippen MR) is 68.7 cm³/mol. The first-order chi connectivity index (χ1) is 8.80. The van der Waals surface area contributed by atoms with Gasteiger partial charge in [-0.15, -0.1) is 0 Å². The third-order valence-electron chi connectivity index (χ3n) is 3.42. The number of hydrogen-bond donors (Lipinski definition) is 2. The van der Waals surface area contributed by atoms with Gasteiger partial charge < -0.3 is 10.4 Å². The van der Waals surface area contributed by atoms with Crippen LogP contribution < -0.4 is 5.32 Å². The topological polar surface area (TPSA) is 32.3 Å². The molecule has 0 aliphatic carbocycles. The maximum Gasteiger partial charge on any atom is 0.416 e. The van der Waals surface area contributed by atoms with E-state index in [9.17, 15) is 13.2 Å². The molecule has 1 atom stereocenters. The Kier molecular flexibility index (Phi) is 5.38. The molecule has 1 unspecified atom stereocenters. The Balaban J connectivity index is 2.73. The molecule has 0 saturated carbocycles. The number of aliphatic hydroxyl groups is 1. The third kappa shape index (κ3) is 4.84. The number of hydrogen-bond acceptors (Lipinski definition) is 2. The van der Waals surface area contributed by atoms with Crippen LogP contribution in [0.5, 0.6) is 0 Å². The molecule has 5 heteroatoms. The average molecular weight is 275 g/mol.